The van der Waals surface area contributed by atoms with E-state index in [1.165, 1.54) is 0 Å². The topological polar surface area (TPSA) is 35.6 Å². The second kappa shape index (κ2) is 5.59. The lowest BCUT2D eigenvalue weighted by molar-refractivity contribution is -0.134. The highest BCUT2D eigenvalue weighted by Gasteiger charge is 2.28. The Balaban J connectivity index is 1.77. The van der Waals surface area contributed by atoms with E-state index in [-0.39, 0.29) is 18.6 Å². The number of hydrogen-bond donors (Lipinski definition) is 1. The van der Waals surface area contributed by atoms with Crippen LogP contribution in [0.1, 0.15) is 12.8 Å². The molecule has 2 aliphatic heterocycles. The summed E-state index contributed by atoms with van der Waals surface area (Å²) in [5.74, 6) is 0.234. The van der Waals surface area contributed by atoms with E-state index < -0.39 is 0 Å². The Bertz CT molecular complexity index is 235. The van der Waals surface area contributed by atoms with Crippen molar-refractivity contribution in [3.8, 4) is 0 Å². The van der Waals surface area contributed by atoms with Crippen molar-refractivity contribution < 1.29 is 9.18 Å². The van der Waals surface area contributed by atoms with Crippen LogP contribution < -0.4 is 5.32 Å². The fraction of sp³-hybridized carbons (Fsp3) is 0.909. The van der Waals surface area contributed by atoms with Gasteiger partial charge in [-0.25, -0.2) is 4.39 Å². The first-order chi connectivity index (χ1) is 7.81. The van der Waals surface area contributed by atoms with Crippen LogP contribution in [-0.2, 0) is 4.79 Å². The molecule has 2 heterocycles. The predicted molar refractivity (Wildman–Crippen MR) is 60.0 cm³/mol. The molecule has 0 radical (unpaired) electrons. The fourth-order valence-corrected chi connectivity index (χ4v) is 2.43. The number of carbonyl (C=O) groups excluding carboxylic acids is 1. The summed E-state index contributed by atoms with van der Waals surface area (Å²) >= 11 is 0. The van der Waals surface area contributed by atoms with Crippen molar-refractivity contribution in [1.29, 1.82) is 0 Å². The Morgan fingerprint density at radius 1 is 1.31 bits per heavy atom. The summed E-state index contributed by atoms with van der Waals surface area (Å²) in [4.78, 5) is 16.0. The van der Waals surface area contributed by atoms with Crippen molar-refractivity contribution in [2.24, 2.45) is 0 Å². The zero-order chi connectivity index (χ0) is 11.4. The first-order valence-electron chi connectivity index (χ1n) is 6.12. The third kappa shape index (κ3) is 2.71. The molecule has 1 N–H and O–H groups in total. The lowest BCUT2D eigenvalue weighted by Gasteiger charge is -2.35. The van der Waals surface area contributed by atoms with Crippen LogP contribution in [0.15, 0.2) is 0 Å². The number of nitrogens with zero attached hydrogens (tertiary/aromatic N) is 2. The van der Waals surface area contributed by atoms with Gasteiger partial charge in [-0.05, 0) is 19.4 Å². The molecule has 0 aromatic carbocycles. The minimum absolute atomic E-state index is 0.0349. The first-order valence-corrected chi connectivity index (χ1v) is 6.12. The fourth-order valence-electron chi connectivity index (χ4n) is 2.43. The molecule has 1 unspecified atom stereocenters. The lowest BCUT2D eigenvalue weighted by Crippen LogP contribution is -2.53. The van der Waals surface area contributed by atoms with Gasteiger partial charge in [-0.1, -0.05) is 0 Å². The molecule has 2 saturated heterocycles. The highest BCUT2D eigenvalue weighted by Crippen LogP contribution is 2.10. The van der Waals surface area contributed by atoms with Crippen LogP contribution >= 0.6 is 0 Å². The van der Waals surface area contributed by atoms with Gasteiger partial charge in [-0.3, -0.25) is 9.69 Å². The molecule has 2 fully saturated rings. The molecular formula is C11H20FN3O. The van der Waals surface area contributed by atoms with Crippen LogP contribution in [0.3, 0.4) is 0 Å². The number of hydrogen-bond acceptors (Lipinski definition) is 3. The Hall–Kier alpha value is -0.680. The summed E-state index contributed by atoms with van der Waals surface area (Å²) in [6, 6.07) is 0.0349. The van der Waals surface area contributed by atoms with E-state index in [2.05, 4.69) is 10.2 Å². The van der Waals surface area contributed by atoms with Crippen LogP contribution in [0.4, 0.5) is 4.39 Å². The van der Waals surface area contributed by atoms with Crippen LogP contribution in [-0.4, -0.2) is 67.7 Å². The Kier molecular flexibility index (Phi) is 4.12. The number of alkyl halides is 1. The maximum Gasteiger partial charge on any atom is 0.239 e. The van der Waals surface area contributed by atoms with Gasteiger partial charge in [0.1, 0.15) is 6.67 Å². The largest absolute Gasteiger partial charge is 0.339 e. The third-order valence-electron chi connectivity index (χ3n) is 3.44. The monoisotopic (exact) mass is 229 g/mol. The summed E-state index contributed by atoms with van der Waals surface area (Å²) < 4.78 is 12.1. The van der Waals surface area contributed by atoms with E-state index >= 15 is 0 Å². The van der Waals surface area contributed by atoms with Gasteiger partial charge in [-0.15, -0.1) is 0 Å². The minimum Gasteiger partial charge on any atom is -0.339 e. The molecule has 0 spiro atoms. The second-order valence-corrected chi connectivity index (χ2v) is 4.50. The molecule has 0 saturated carbocycles. The number of carbonyl (C=O) groups is 1. The van der Waals surface area contributed by atoms with E-state index in [0.29, 0.717) is 6.54 Å². The average Bonchev–Trinajstić information content (AvgIpc) is 2.83. The summed E-state index contributed by atoms with van der Waals surface area (Å²) in [5.41, 5.74) is 0. The maximum atomic E-state index is 12.1. The van der Waals surface area contributed by atoms with Crippen LogP contribution in [0.25, 0.3) is 0 Å². The quantitative estimate of drug-likeness (QED) is 0.731. The molecule has 0 aromatic rings. The molecule has 5 heteroatoms. The van der Waals surface area contributed by atoms with Gasteiger partial charge in [0.25, 0.3) is 0 Å². The number of piperazine rings is 1. The molecule has 16 heavy (non-hydrogen) atoms. The first kappa shape index (κ1) is 11.8. The lowest BCUT2D eigenvalue weighted by atomic mass is 10.2. The van der Waals surface area contributed by atoms with E-state index in [1.54, 1.807) is 0 Å². The molecule has 92 valence electrons. The number of amides is 1. The SMILES string of the molecule is O=C(C1CCCN1)N1CCN(CCF)CC1. The smallest absolute Gasteiger partial charge is 0.239 e. The van der Waals surface area contributed by atoms with Crippen LogP contribution in [0.2, 0.25) is 0 Å². The standard InChI is InChI=1S/C11H20FN3O/c12-3-5-14-6-8-15(9-7-14)11(16)10-2-1-4-13-10/h10,13H,1-9H2. The van der Waals surface area contributed by atoms with Crippen LogP contribution in [0.5, 0.6) is 0 Å². The Morgan fingerprint density at radius 2 is 2.06 bits per heavy atom. The van der Waals surface area contributed by atoms with Crippen molar-refractivity contribution in [3.63, 3.8) is 0 Å². The van der Waals surface area contributed by atoms with Crippen LogP contribution in [0, 0.1) is 0 Å². The summed E-state index contributed by atoms with van der Waals surface area (Å²) in [7, 11) is 0. The van der Waals surface area contributed by atoms with E-state index in [0.717, 1.165) is 45.6 Å². The molecular weight excluding hydrogens is 209 g/mol. The van der Waals surface area contributed by atoms with E-state index in [4.69, 9.17) is 0 Å². The highest BCUT2D eigenvalue weighted by atomic mass is 19.1. The van der Waals surface area contributed by atoms with Gasteiger partial charge in [0.2, 0.25) is 5.91 Å². The minimum atomic E-state index is -0.294. The Morgan fingerprint density at radius 3 is 2.62 bits per heavy atom. The summed E-state index contributed by atoms with van der Waals surface area (Å²) in [5, 5.41) is 3.23. The molecule has 1 amide bonds. The molecule has 1 atom stereocenters. The zero-order valence-electron chi connectivity index (χ0n) is 9.62. The van der Waals surface area contributed by atoms with Crippen molar-refractivity contribution in [2.45, 2.75) is 18.9 Å². The predicted octanol–water partition coefficient (Wildman–Crippen LogP) is -0.148. The van der Waals surface area contributed by atoms with Gasteiger partial charge in [0, 0.05) is 32.7 Å². The molecule has 0 aliphatic carbocycles. The summed E-state index contributed by atoms with van der Waals surface area (Å²) in [6.07, 6.45) is 2.06. The van der Waals surface area contributed by atoms with Gasteiger partial charge in [0.15, 0.2) is 0 Å². The van der Waals surface area contributed by atoms with E-state index in [9.17, 15) is 9.18 Å². The molecule has 4 nitrogen and oxygen atoms in total. The average molecular weight is 229 g/mol. The van der Waals surface area contributed by atoms with Gasteiger partial charge in [-0.2, -0.15) is 0 Å². The number of halogens is 1. The van der Waals surface area contributed by atoms with Gasteiger partial charge in [0.05, 0.1) is 6.04 Å². The normalized spacial score (nSPS) is 27.3. The van der Waals surface area contributed by atoms with Gasteiger partial charge >= 0.3 is 0 Å². The maximum absolute atomic E-state index is 12.1. The summed E-state index contributed by atoms with van der Waals surface area (Å²) in [6.45, 7) is 4.28. The number of nitrogens with one attached hydrogen (secondary N) is 1. The Labute approximate surface area is 95.8 Å². The second-order valence-electron chi connectivity index (χ2n) is 4.50. The molecule has 0 aromatic heterocycles. The van der Waals surface area contributed by atoms with Crippen molar-refractivity contribution in [2.75, 3.05) is 45.9 Å². The molecule has 2 rings (SSSR count). The molecule has 2 aliphatic rings. The highest BCUT2D eigenvalue weighted by molar-refractivity contribution is 5.82. The van der Waals surface area contributed by atoms with Crippen molar-refractivity contribution in [3.05, 3.63) is 0 Å². The zero-order valence-corrected chi connectivity index (χ0v) is 9.62. The third-order valence-corrected chi connectivity index (χ3v) is 3.44. The van der Waals surface area contributed by atoms with Crippen molar-refractivity contribution >= 4 is 5.91 Å². The number of rotatable bonds is 3. The van der Waals surface area contributed by atoms with Gasteiger partial charge < -0.3 is 10.2 Å². The molecule has 0 bridgehead atoms. The van der Waals surface area contributed by atoms with Crippen molar-refractivity contribution in [1.82, 2.24) is 15.1 Å². The van der Waals surface area contributed by atoms with E-state index in [1.807, 2.05) is 4.90 Å².